The number of aromatic hydroxyl groups is 1. The normalized spacial score (nSPS) is 11.7. The number of ether oxygens (including phenoxy) is 1. The van der Waals surface area contributed by atoms with Gasteiger partial charge in [0.1, 0.15) is 11.5 Å². The van der Waals surface area contributed by atoms with Gasteiger partial charge in [-0.25, -0.2) is 0 Å². The van der Waals surface area contributed by atoms with E-state index >= 15 is 0 Å². The molecule has 0 aliphatic rings. The minimum atomic E-state index is -4.37. The first-order chi connectivity index (χ1) is 7.94. The standard InChI is InChI=1S/C11H8F3NO2/c12-11(13,14)6-17-9-1-2-10-7(4-9)3-8(16)5-15-10/h1-5,16H,6H2. The fourth-order valence-corrected chi connectivity index (χ4v) is 1.35. The third kappa shape index (κ3) is 2.99. The topological polar surface area (TPSA) is 42.4 Å². The molecule has 1 aromatic carbocycles. The van der Waals surface area contributed by atoms with E-state index in [9.17, 15) is 18.3 Å². The predicted octanol–water partition coefficient (Wildman–Crippen LogP) is 2.88. The third-order valence-corrected chi connectivity index (χ3v) is 2.04. The molecular formula is C11H8F3NO2. The zero-order valence-corrected chi connectivity index (χ0v) is 8.53. The van der Waals surface area contributed by atoms with Gasteiger partial charge in [-0.15, -0.1) is 0 Å². The van der Waals surface area contributed by atoms with Crippen LogP contribution in [0.3, 0.4) is 0 Å². The van der Waals surface area contributed by atoms with Crippen molar-refractivity contribution in [1.29, 1.82) is 0 Å². The van der Waals surface area contributed by atoms with Crippen molar-refractivity contribution in [3.05, 3.63) is 30.5 Å². The number of pyridine rings is 1. The number of nitrogens with zero attached hydrogens (tertiary/aromatic N) is 1. The van der Waals surface area contributed by atoms with Crippen LogP contribution in [0.25, 0.3) is 10.9 Å². The molecule has 2 rings (SSSR count). The molecule has 2 aromatic rings. The SMILES string of the molecule is Oc1cnc2ccc(OCC(F)(F)F)cc2c1. The number of halogens is 3. The Morgan fingerprint density at radius 3 is 2.71 bits per heavy atom. The number of hydrogen-bond donors (Lipinski definition) is 1. The van der Waals surface area contributed by atoms with Gasteiger partial charge in [0.05, 0.1) is 11.7 Å². The van der Waals surface area contributed by atoms with Gasteiger partial charge < -0.3 is 9.84 Å². The van der Waals surface area contributed by atoms with E-state index in [1.54, 1.807) is 0 Å². The molecule has 0 unspecified atom stereocenters. The van der Waals surface area contributed by atoms with Crippen molar-refractivity contribution < 1.29 is 23.0 Å². The van der Waals surface area contributed by atoms with E-state index in [1.165, 1.54) is 30.5 Å². The van der Waals surface area contributed by atoms with Crippen LogP contribution in [0, 0.1) is 0 Å². The zero-order chi connectivity index (χ0) is 12.5. The maximum atomic E-state index is 11.9. The van der Waals surface area contributed by atoms with Gasteiger partial charge >= 0.3 is 6.18 Å². The van der Waals surface area contributed by atoms with Crippen molar-refractivity contribution in [2.75, 3.05) is 6.61 Å². The van der Waals surface area contributed by atoms with Crippen molar-refractivity contribution in [1.82, 2.24) is 4.98 Å². The summed E-state index contributed by atoms with van der Waals surface area (Å²) in [6.45, 7) is -1.34. The quantitative estimate of drug-likeness (QED) is 0.881. The molecule has 0 fully saturated rings. The maximum absolute atomic E-state index is 11.9. The van der Waals surface area contributed by atoms with Gasteiger partial charge in [-0.2, -0.15) is 13.2 Å². The summed E-state index contributed by atoms with van der Waals surface area (Å²) < 4.78 is 40.4. The average molecular weight is 243 g/mol. The fraction of sp³-hybridized carbons (Fsp3) is 0.182. The maximum Gasteiger partial charge on any atom is 0.422 e. The van der Waals surface area contributed by atoms with Crippen molar-refractivity contribution in [3.63, 3.8) is 0 Å². The van der Waals surface area contributed by atoms with Gasteiger partial charge in [0, 0.05) is 5.39 Å². The van der Waals surface area contributed by atoms with E-state index in [0.29, 0.717) is 10.9 Å². The van der Waals surface area contributed by atoms with Gasteiger partial charge in [0.25, 0.3) is 0 Å². The number of benzene rings is 1. The minimum absolute atomic E-state index is 0.0505. The monoisotopic (exact) mass is 243 g/mol. The number of fused-ring (bicyclic) bond motifs is 1. The lowest BCUT2D eigenvalue weighted by molar-refractivity contribution is -0.153. The van der Waals surface area contributed by atoms with Gasteiger partial charge in [-0.05, 0) is 24.3 Å². The van der Waals surface area contributed by atoms with Gasteiger partial charge in [-0.3, -0.25) is 4.98 Å². The molecule has 1 aromatic heterocycles. The number of rotatable bonds is 2. The van der Waals surface area contributed by atoms with E-state index in [0.717, 1.165) is 0 Å². The summed E-state index contributed by atoms with van der Waals surface area (Å²) in [5.41, 5.74) is 0.571. The summed E-state index contributed by atoms with van der Waals surface area (Å²) >= 11 is 0. The van der Waals surface area contributed by atoms with Crippen LogP contribution in [-0.4, -0.2) is 22.9 Å². The smallest absolute Gasteiger partial charge is 0.422 e. The molecule has 6 heteroatoms. The molecule has 0 atom stereocenters. The first-order valence-electron chi connectivity index (χ1n) is 4.72. The van der Waals surface area contributed by atoms with Crippen LogP contribution in [0.4, 0.5) is 13.2 Å². The van der Waals surface area contributed by atoms with Gasteiger partial charge in [0.2, 0.25) is 0 Å². The Labute approximate surface area is 94.5 Å². The van der Waals surface area contributed by atoms with Crippen molar-refractivity contribution in [2.45, 2.75) is 6.18 Å². The Hall–Kier alpha value is -1.98. The van der Waals surface area contributed by atoms with Crippen LogP contribution in [0.5, 0.6) is 11.5 Å². The lowest BCUT2D eigenvalue weighted by atomic mass is 10.2. The highest BCUT2D eigenvalue weighted by molar-refractivity contribution is 5.81. The van der Waals surface area contributed by atoms with Gasteiger partial charge in [0.15, 0.2) is 6.61 Å². The molecule has 17 heavy (non-hydrogen) atoms. The average Bonchev–Trinajstić information content (AvgIpc) is 2.24. The van der Waals surface area contributed by atoms with Crippen LogP contribution in [0.2, 0.25) is 0 Å². The Morgan fingerprint density at radius 1 is 1.24 bits per heavy atom. The van der Waals surface area contributed by atoms with Crippen molar-refractivity contribution in [2.24, 2.45) is 0 Å². The third-order valence-electron chi connectivity index (χ3n) is 2.04. The summed E-state index contributed by atoms with van der Waals surface area (Å²) in [5, 5.41) is 9.72. The van der Waals surface area contributed by atoms with E-state index in [2.05, 4.69) is 9.72 Å². The molecule has 3 nitrogen and oxygen atoms in total. The van der Waals surface area contributed by atoms with E-state index in [1.807, 2.05) is 0 Å². The highest BCUT2D eigenvalue weighted by Gasteiger charge is 2.28. The highest BCUT2D eigenvalue weighted by atomic mass is 19.4. The number of hydrogen-bond acceptors (Lipinski definition) is 3. The lowest BCUT2D eigenvalue weighted by Crippen LogP contribution is -2.19. The molecule has 1 heterocycles. The molecule has 0 radical (unpaired) electrons. The molecule has 0 bridgehead atoms. The minimum Gasteiger partial charge on any atom is -0.506 e. The molecule has 0 saturated heterocycles. The fourth-order valence-electron chi connectivity index (χ4n) is 1.35. The first-order valence-corrected chi connectivity index (χ1v) is 4.72. The summed E-state index contributed by atoms with van der Waals surface area (Å²) in [6.07, 6.45) is -3.11. The summed E-state index contributed by atoms with van der Waals surface area (Å²) in [7, 11) is 0. The second-order valence-electron chi connectivity index (χ2n) is 3.45. The van der Waals surface area contributed by atoms with Crippen molar-refractivity contribution in [3.8, 4) is 11.5 Å². The van der Waals surface area contributed by atoms with Gasteiger partial charge in [-0.1, -0.05) is 0 Å². The summed E-state index contributed by atoms with van der Waals surface area (Å²) in [6, 6.07) is 5.73. The van der Waals surface area contributed by atoms with Crippen LogP contribution >= 0.6 is 0 Å². The van der Waals surface area contributed by atoms with Crippen LogP contribution in [0.15, 0.2) is 30.5 Å². The zero-order valence-electron chi connectivity index (χ0n) is 8.53. The summed E-state index contributed by atoms with van der Waals surface area (Å²) in [5.74, 6) is 0.0349. The molecule has 0 spiro atoms. The lowest BCUT2D eigenvalue weighted by Gasteiger charge is -2.09. The Balaban J connectivity index is 2.25. The van der Waals surface area contributed by atoms with Crippen LogP contribution in [-0.2, 0) is 0 Å². The molecule has 0 amide bonds. The Bertz CT molecular complexity index is 540. The van der Waals surface area contributed by atoms with E-state index in [-0.39, 0.29) is 11.5 Å². The second-order valence-corrected chi connectivity index (χ2v) is 3.45. The summed E-state index contributed by atoms with van der Waals surface area (Å²) in [4.78, 5) is 3.90. The molecule has 0 saturated carbocycles. The largest absolute Gasteiger partial charge is 0.506 e. The highest BCUT2D eigenvalue weighted by Crippen LogP contribution is 2.24. The molecule has 0 aliphatic heterocycles. The van der Waals surface area contributed by atoms with E-state index in [4.69, 9.17) is 0 Å². The Morgan fingerprint density at radius 2 is 2.00 bits per heavy atom. The van der Waals surface area contributed by atoms with Crippen molar-refractivity contribution >= 4 is 10.9 Å². The molecular weight excluding hydrogens is 235 g/mol. The second kappa shape index (κ2) is 4.12. The Kier molecular flexibility index (Phi) is 2.79. The molecule has 1 N–H and O–H groups in total. The number of alkyl halides is 3. The molecule has 0 aliphatic carbocycles. The van der Waals surface area contributed by atoms with E-state index < -0.39 is 12.8 Å². The predicted molar refractivity (Wildman–Crippen MR) is 55.0 cm³/mol. The van der Waals surface area contributed by atoms with Crippen LogP contribution < -0.4 is 4.74 Å². The first kappa shape index (κ1) is 11.5. The molecule has 90 valence electrons. The van der Waals surface area contributed by atoms with Crippen LogP contribution in [0.1, 0.15) is 0 Å². The number of aromatic nitrogens is 1.